The lowest BCUT2D eigenvalue weighted by molar-refractivity contribution is -0.125. The van der Waals surface area contributed by atoms with Crippen molar-refractivity contribution in [3.05, 3.63) is 42.0 Å². The first-order valence-corrected chi connectivity index (χ1v) is 11.2. The summed E-state index contributed by atoms with van der Waals surface area (Å²) in [5, 5.41) is 14.4. The molecule has 2 heterocycles. The molecule has 1 aromatic heterocycles. The second-order valence-corrected chi connectivity index (χ2v) is 8.27. The van der Waals surface area contributed by atoms with Crippen LogP contribution in [0.1, 0.15) is 26.2 Å². The number of piperidine rings is 1. The van der Waals surface area contributed by atoms with Crippen LogP contribution in [0.2, 0.25) is 0 Å². The maximum atomic E-state index is 13.2. The van der Waals surface area contributed by atoms with Crippen LogP contribution in [0.5, 0.6) is 0 Å². The number of benzene rings is 1. The number of anilines is 2. The summed E-state index contributed by atoms with van der Waals surface area (Å²) < 4.78 is 26.2. The third-order valence-electron chi connectivity index (χ3n) is 4.85. The van der Waals surface area contributed by atoms with Crippen molar-refractivity contribution in [1.29, 1.82) is 0 Å². The van der Waals surface area contributed by atoms with E-state index in [2.05, 4.69) is 25.7 Å². The summed E-state index contributed by atoms with van der Waals surface area (Å²) >= 11 is 1.19. The summed E-state index contributed by atoms with van der Waals surface area (Å²) in [5.74, 6) is -1.58. The first kappa shape index (κ1) is 22.9. The molecule has 1 aromatic carbocycles. The van der Waals surface area contributed by atoms with Gasteiger partial charge in [-0.1, -0.05) is 18.7 Å². The highest BCUT2D eigenvalue weighted by atomic mass is 32.2. The third kappa shape index (κ3) is 6.61. The average molecular weight is 450 g/mol. The molecule has 3 rings (SSSR count). The van der Waals surface area contributed by atoms with Gasteiger partial charge in [0.05, 0.1) is 11.7 Å². The molecule has 1 aliphatic heterocycles. The highest BCUT2D eigenvalue weighted by molar-refractivity contribution is 7.99. The number of rotatable bonds is 8. The average Bonchev–Trinajstić information content (AvgIpc) is 2.79. The van der Waals surface area contributed by atoms with Gasteiger partial charge in [-0.2, -0.15) is 0 Å². The maximum absolute atomic E-state index is 13.2. The van der Waals surface area contributed by atoms with Crippen molar-refractivity contribution in [2.75, 3.05) is 35.6 Å². The number of halogens is 2. The zero-order chi connectivity index (χ0) is 22.2. The molecule has 166 valence electrons. The van der Waals surface area contributed by atoms with Gasteiger partial charge in [-0.15, -0.1) is 10.2 Å². The molecule has 2 aromatic rings. The van der Waals surface area contributed by atoms with E-state index in [1.54, 1.807) is 6.07 Å². The molecule has 31 heavy (non-hydrogen) atoms. The Labute approximate surface area is 184 Å². The monoisotopic (exact) mass is 449 g/mol. The molecule has 0 radical (unpaired) electrons. The van der Waals surface area contributed by atoms with E-state index >= 15 is 0 Å². The van der Waals surface area contributed by atoms with Crippen LogP contribution in [-0.2, 0) is 9.59 Å². The number of carbonyl (C=O) groups is 2. The minimum Gasteiger partial charge on any atom is -0.356 e. The molecule has 0 unspecified atom stereocenters. The fourth-order valence-corrected chi connectivity index (χ4v) is 3.87. The molecule has 2 amide bonds. The van der Waals surface area contributed by atoms with Crippen LogP contribution in [0.15, 0.2) is 35.4 Å². The molecule has 10 heteroatoms. The van der Waals surface area contributed by atoms with Crippen LogP contribution in [-0.4, -0.2) is 47.4 Å². The number of nitrogens with one attached hydrogen (secondary N) is 2. The van der Waals surface area contributed by atoms with Crippen molar-refractivity contribution in [3.63, 3.8) is 0 Å². The summed E-state index contributed by atoms with van der Waals surface area (Å²) in [5.41, 5.74) is 0.188. The number of thioether (sulfide) groups is 1. The summed E-state index contributed by atoms with van der Waals surface area (Å²) in [6.45, 7) is 4.13. The maximum Gasteiger partial charge on any atom is 0.234 e. The highest BCUT2D eigenvalue weighted by Crippen LogP contribution is 2.23. The van der Waals surface area contributed by atoms with E-state index in [4.69, 9.17) is 0 Å². The van der Waals surface area contributed by atoms with Crippen LogP contribution in [0, 0.1) is 17.6 Å². The van der Waals surface area contributed by atoms with E-state index in [-0.39, 0.29) is 29.2 Å². The van der Waals surface area contributed by atoms with Crippen molar-refractivity contribution in [3.8, 4) is 0 Å². The van der Waals surface area contributed by atoms with Gasteiger partial charge in [0.1, 0.15) is 5.03 Å². The van der Waals surface area contributed by atoms with Crippen molar-refractivity contribution >= 4 is 35.1 Å². The molecule has 0 spiro atoms. The van der Waals surface area contributed by atoms with E-state index in [0.29, 0.717) is 23.9 Å². The summed E-state index contributed by atoms with van der Waals surface area (Å²) in [7, 11) is 0. The zero-order valence-electron chi connectivity index (χ0n) is 17.2. The quantitative estimate of drug-likeness (QED) is 0.602. The van der Waals surface area contributed by atoms with Gasteiger partial charge in [0.25, 0.3) is 0 Å². The minimum absolute atomic E-state index is 0.0520. The standard InChI is InChI=1S/C21H25F2N5O2S/c1-2-9-24-21(30)14-4-3-10-28(12-14)18-7-8-20(27-26-18)31-13-19(29)25-15-5-6-16(22)17(23)11-15/h5-8,11,14H,2-4,9-10,12-13H2,1H3,(H,24,30)(H,25,29)/t14-/m0/s1. The Morgan fingerprint density at radius 1 is 1.19 bits per heavy atom. The molecule has 1 aliphatic rings. The summed E-state index contributed by atoms with van der Waals surface area (Å²) in [6.07, 6.45) is 2.68. The predicted molar refractivity (Wildman–Crippen MR) is 116 cm³/mol. The Hall–Kier alpha value is -2.75. The summed E-state index contributed by atoms with van der Waals surface area (Å²) in [6, 6.07) is 6.79. The predicted octanol–water partition coefficient (Wildman–Crippen LogP) is 3.23. The SMILES string of the molecule is CCCNC(=O)[C@H]1CCCN(c2ccc(SCC(=O)Nc3ccc(F)c(F)c3)nn2)C1. The molecule has 1 saturated heterocycles. The van der Waals surface area contributed by atoms with Crippen LogP contribution in [0.25, 0.3) is 0 Å². The lowest BCUT2D eigenvalue weighted by atomic mass is 9.97. The first-order valence-electron chi connectivity index (χ1n) is 10.2. The second kappa shape index (κ2) is 11.0. The zero-order valence-corrected chi connectivity index (χ0v) is 18.1. The number of aromatic nitrogens is 2. The lowest BCUT2D eigenvalue weighted by Crippen LogP contribution is -2.43. The molecule has 0 bridgehead atoms. The lowest BCUT2D eigenvalue weighted by Gasteiger charge is -2.32. The smallest absolute Gasteiger partial charge is 0.234 e. The van der Waals surface area contributed by atoms with Crippen LogP contribution in [0.4, 0.5) is 20.3 Å². The Morgan fingerprint density at radius 3 is 2.74 bits per heavy atom. The fraction of sp³-hybridized carbons (Fsp3) is 0.429. The van der Waals surface area contributed by atoms with E-state index in [0.717, 1.165) is 37.9 Å². The highest BCUT2D eigenvalue weighted by Gasteiger charge is 2.26. The number of carbonyl (C=O) groups excluding carboxylic acids is 2. The second-order valence-electron chi connectivity index (χ2n) is 7.27. The van der Waals surface area contributed by atoms with Gasteiger partial charge in [-0.3, -0.25) is 9.59 Å². The number of hydrogen-bond donors (Lipinski definition) is 2. The molecule has 1 fully saturated rings. The van der Waals surface area contributed by atoms with Crippen LogP contribution >= 0.6 is 11.8 Å². The van der Waals surface area contributed by atoms with Crippen molar-refractivity contribution in [1.82, 2.24) is 15.5 Å². The minimum atomic E-state index is -1.02. The van der Waals surface area contributed by atoms with E-state index in [1.165, 1.54) is 17.8 Å². The molecule has 0 saturated carbocycles. The molecule has 2 N–H and O–H groups in total. The Kier molecular flexibility index (Phi) is 8.16. The van der Waals surface area contributed by atoms with Crippen molar-refractivity contribution < 1.29 is 18.4 Å². The van der Waals surface area contributed by atoms with E-state index in [1.807, 2.05) is 13.0 Å². The fourth-order valence-electron chi connectivity index (χ4n) is 3.26. The van der Waals surface area contributed by atoms with Crippen LogP contribution < -0.4 is 15.5 Å². The number of hydrogen-bond acceptors (Lipinski definition) is 6. The van der Waals surface area contributed by atoms with Crippen molar-refractivity contribution in [2.24, 2.45) is 5.92 Å². The first-order chi connectivity index (χ1) is 15.0. The Balaban J connectivity index is 1.49. The number of amides is 2. The van der Waals surface area contributed by atoms with Crippen LogP contribution in [0.3, 0.4) is 0 Å². The topological polar surface area (TPSA) is 87.2 Å². The molecule has 7 nitrogen and oxygen atoms in total. The Bertz CT molecular complexity index is 913. The molecule has 0 aliphatic carbocycles. The molecule has 1 atom stereocenters. The largest absolute Gasteiger partial charge is 0.356 e. The van der Waals surface area contributed by atoms with Gasteiger partial charge < -0.3 is 15.5 Å². The van der Waals surface area contributed by atoms with Gasteiger partial charge in [-0.25, -0.2) is 8.78 Å². The summed E-state index contributed by atoms with van der Waals surface area (Å²) in [4.78, 5) is 26.3. The van der Waals surface area contributed by atoms with Gasteiger partial charge in [0, 0.05) is 31.4 Å². The van der Waals surface area contributed by atoms with E-state index < -0.39 is 11.6 Å². The normalized spacial score (nSPS) is 16.1. The van der Waals surface area contributed by atoms with Gasteiger partial charge >= 0.3 is 0 Å². The van der Waals surface area contributed by atoms with Gasteiger partial charge in [0.15, 0.2) is 17.5 Å². The Morgan fingerprint density at radius 2 is 2.03 bits per heavy atom. The van der Waals surface area contributed by atoms with Gasteiger partial charge in [0.2, 0.25) is 11.8 Å². The van der Waals surface area contributed by atoms with Crippen molar-refractivity contribution in [2.45, 2.75) is 31.2 Å². The number of nitrogens with zero attached hydrogens (tertiary/aromatic N) is 3. The molecular weight excluding hydrogens is 424 g/mol. The van der Waals surface area contributed by atoms with E-state index in [9.17, 15) is 18.4 Å². The molecular formula is C21H25F2N5O2S. The van der Waals surface area contributed by atoms with Gasteiger partial charge in [-0.05, 0) is 43.5 Å². The third-order valence-corrected chi connectivity index (χ3v) is 5.77.